The van der Waals surface area contributed by atoms with E-state index in [0.29, 0.717) is 22.8 Å². The van der Waals surface area contributed by atoms with Crippen LogP contribution in [-0.2, 0) is 4.79 Å². The number of rotatable bonds is 6. The number of fused-ring (bicyclic) bond motifs is 1. The van der Waals surface area contributed by atoms with Crippen LogP contribution in [0.1, 0.15) is 10.4 Å². The molecule has 1 aliphatic heterocycles. The van der Waals surface area contributed by atoms with Crippen LogP contribution in [0.25, 0.3) is 11.5 Å². The van der Waals surface area contributed by atoms with E-state index >= 15 is 0 Å². The summed E-state index contributed by atoms with van der Waals surface area (Å²) in [5.74, 6) is 0.827. The van der Waals surface area contributed by atoms with Crippen molar-refractivity contribution >= 4 is 23.6 Å². The molecule has 0 saturated heterocycles. The second-order valence-electron chi connectivity index (χ2n) is 5.81. The van der Waals surface area contributed by atoms with Gasteiger partial charge in [-0.2, -0.15) is 0 Å². The summed E-state index contributed by atoms with van der Waals surface area (Å²) < 4.78 is 21.3. The van der Waals surface area contributed by atoms with E-state index in [1.807, 2.05) is 0 Å². The molecular formula is C19H15N3O6S. The van der Waals surface area contributed by atoms with Gasteiger partial charge in [0, 0.05) is 5.56 Å². The summed E-state index contributed by atoms with van der Waals surface area (Å²) in [7, 11) is 1.46. The van der Waals surface area contributed by atoms with E-state index in [-0.39, 0.29) is 29.2 Å². The first-order valence-electron chi connectivity index (χ1n) is 8.47. The molecule has 1 aromatic heterocycles. The maximum atomic E-state index is 12.2. The Hall–Kier alpha value is -3.53. The Bertz CT molecular complexity index is 1070. The summed E-state index contributed by atoms with van der Waals surface area (Å²) in [5.41, 5.74) is 0.945. The van der Waals surface area contributed by atoms with Crippen molar-refractivity contribution in [1.29, 1.82) is 0 Å². The molecule has 0 atom stereocenters. The van der Waals surface area contributed by atoms with E-state index in [0.717, 1.165) is 11.8 Å². The molecular weight excluding hydrogens is 398 g/mol. The highest BCUT2D eigenvalue weighted by Gasteiger charge is 2.18. The molecule has 2 heterocycles. The number of methoxy groups -OCH3 is 1. The van der Waals surface area contributed by atoms with Gasteiger partial charge in [0.05, 0.1) is 18.4 Å². The highest BCUT2D eigenvalue weighted by atomic mass is 32.2. The minimum absolute atomic E-state index is 0.0658. The fourth-order valence-corrected chi connectivity index (χ4v) is 3.17. The number of hydrogen-bond acceptors (Lipinski definition) is 9. The Labute approximate surface area is 169 Å². The highest BCUT2D eigenvalue weighted by molar-refractivity contribution is 7.99. The molecule has 9 nitrogen and oxygen atoms in total. The van der Waals surface area contributed by atoms with E-state index in [4.69, 9.17) is 18.6 Å². The third-order valence-corrected chi connectivity index (χ3v) is 4.78. The predicted octanol–water partition coefficient (Wildman–Crippen LogP) is 2.52. The van der Waals surface area contributed by atoms with Gasteiger partial charge in [0.1, 0.15) is 5.75 Å². The lowest BCUT2D eigenvalue weighted by Gasteiger charge is -2.07. The monoisotopic (exact) mass is 413 g/mol. The lowest BCUT2D eigenvalue weighted by molar-refractivity contribution is -0.117. The molecule has 2 amide bonds. The van der Waals surface area contributed by atoms with Crippen LogP contribution in [-0.4, -0.2) is 41.7 Å². The molecule has 0 spiro atoms. The number of para-hydroxylation sites is 1. The van der Waals surface area contributed by atoms with Gasteiger partial charge in [-0.25, -0.2) is 0 Å². The first-order chi connectivity index (χ1) is 14.1. The predicted molar refractivity (Wildman–Crippen MR) is 102 cm³/mol. The van der Waals surface area contributed by atoms with Gasteiger partial charge in [-0.3, -0.25) is 14.9 Å². The number of nitrogens with zero attached hydrogens (tertiary/aromatic N) is 2. The zero-order chi connectivity index (χ0) is 20.2. The van der Waals surface area contributed by atoms with Gasteiger partial charge in [-0.05, 0) is 30.3 Å². The van der Waals surface area contributed by atoms with Crippen molar-refractivity contribution in [3.05, 3.63) is 48.0 Å². The SMILES string of the molecule is COc1ccccc1C(=O)NC(=O)CSc1nnc(-c2ccc3c(c2)OCO3)o1. The van der Waals surface area contributed by atoms with E-state index in [9.17, 15) is 9.59 Å². The van der Waals surface area contributed by atoms with E-state index in [2.05, 4.69) is 15.5 Å². The summed E-state index contributed by atoms with van der Waals surface area (Å²) in [4.78, 5) is 24.3. The molecule has 4 rings (SSSR count). The minimum atomic E-state index is -0.542. The molecule has 0 radical (unpaired) electrons. The summed E-state index contributed by atoms with van der Waals surface area (Å²) >= 11 is 1.02. The fraction of sp³-hybridized carbons (Fsp3) is 0.158. The molecule has 0 aliphatic carbocycles. The van der Waals surface area contributed by atoms with Gasteiger partial charge in [0.15, 0.2) is 11.5 Å². The van der Waals surface area contributed by atoms with Crippen LogP contribution < -0.4 is 19.5 Å². The van der Waals surface area contributed by atoms with Crippen molar-refractivity contribution in [1.82, 2.24) is 15.5 Å². The highest BCUT2D eigenvalue weighted by Crippen LogP contribution is 2.36. The van der Waals surface area contributed by atoms with E-state index in [1.165, 1.54) is 7.11 Å². The second kappa shape index (κ2) is 8.23. The third-order valence-electron chi connectivity index (χ3n) is 3.96. The van der Waals surface area contributed by atoms with Crippen molar-refractivity contribution in [2.75, 3.05) is 19.7 Å². The van der Waals surface area contributed by atoms with Crippen LogP contribution in [0, 0.1) is 0 Å². The molecule has 0 unspecified atom stereocenters. The molecule has 0 saturated carbocycles. The number of hydrogen-bond donors (Lipinski definition) is 1. The smallest absolute Gasteiger partial charge is 0.277 e. The van der Waals surface area contributed by atoms with Gasteiger partial charge < -0.3 is 18.6 Å². The molecule has 2 aromatic carbocycles. The number of carbonyl (C=O) groups excluding carboxylic acids is 2. The number of carbonyl (C=O) groups is 2. The summed E-state index contributed by atoms with van der Waals surface area (Å²) in [6.45, 7) is 0.173. The van der Waals surface area contributed by atoms with E-state index < -0.39 is 11.8 Å². The van der Waals surface area contributed by atoms with Crippen molar-refractivity contribution < 1.29 is 28.2 Å². The Morgan fingerprint density at radius 1 is 1.14 bits per heavy atom. The number of ether oxygens (including phenoxy) is 3. The Morgan fingerprint density at radius 2 is 1.97 bits per heavy atom. The molecule has 10 heteroatoms. The van der Waals surface area contributed by atoms with Gasteiger partial charge in [0.25, 0.3) is 11.1 Å². The Kier molecular flexibility index (Phi) is 5.34. The lowest BCUT2D eigenvalue weighted by Crippen LogP contribution is -2.32. The van der Waals surface area contributed by atoms with Crippen LogP contribution in [0.4, 0.5) is 0 Å². The summed E-state index contributed by atoms with van der Waals surface area (Å²) in [6.07, 6.45) is 0. The Balaban J connectivity index is 1.35. The molecule has 0 fully saturated rings. The van der Waals surface area contributed by atoms with Crippen LogP contribution in [0.15, 0.2) is 52.1 Å². The number of benzene rings is 2. The van der Waals surface area contributed by atoms with Crippen molar-refractivity contribution in [3.8, 4) is 28.7 Å². The largest absolute Gasteiger partial charge is 0.496 e. The minimum Gasteiger partial charge on any atom is -0.496 e. The zero-order valence-electron chi connectivity index (χ0n) is 15.2. The first kappa shape index (κ1) is 18.8. The molecule has 29 heavy (non-hydrogen) atoms. The van der Waals surface area contributed by atoms with Crippen molar-refractivity contribution in [2.45, 2.75) is 5.22 Å². The number of thioether (sulfide) groups is 1. The molecule has 1 N–H and O–H groups in total. The molecule has 3 aromatic rings. The average Bonchev–Trinajstić information content (AvgIpc) is 3.41. The van der Waals surface area contributed by atoms with Crippen LogP contribution >= 0.6 is 11.8 Å². The number of nitrogens with one attached hydrogen (secondary N) is 1. The molecule has 1 aliphatic rings. The molecule has 148 valence electrons. The average molecular weight is 413 g/mol. The summed E-state index contributed by atoms with van der Waals surface area (Å²) in [5, 5.41) is 10.4. The van der Waals surface area contributed by atoms with Gasteiger partial charge in [-0.15, -0.1) is 10.2 Å². The third kappa shape index (κ3) is 4.16. The maximum Gasteiger partial charge on any atom is 0.277 e. The van der Waals surface area contributed by atoms with Crippen molar-refractivity contribution in [3.63, 3.8) is 0 Å². The van der Waals surface area contributed by atoms with Crippen LogP contribution in [0.5, 0.6) is 17.2 Å². The summed E-state index contributed by atoms with van der Waals surface area (Å²) in [6, 6.07) is 11.9. The fourth-order valence-electron chi connectivity index (χ4n) is 2.60. The van der Waals surface area contributed by atoms with Crippen LogP contribution in [0.2, 0.25) is 0 Å². The normalized spacial score (nSPS) is 11.9. The topological polar surface area (TPSA) is 113 Å². The Morgan fingerprint density at radius 3 is 2.83 bits per heavy atom. The number of amides is 2. The van der Waals surface area contributed by atoms with E-state index in [1.54, 1.807) is 42.5 Å². The quantitative estimate of drug-likeness (QED) is 0.609. The number of aromatic nitrogens is 2. The second-order valence-corrected chi connectivity index (χ2v) is 6.73. The van der Waals surface area contributed by atoms with Gasteiger partial charge in [-0.1, -0.05) is 23.9 Å². The maximum absolute atomic E-state index is 12.2. The molecule has 0 bridgehead atoms. The van der Waals surface area contributed by atoms with Crippen LogP contribution in [0.3, 0.4) is 0 Å². The van der Waals surface area contributed by atoms with Crippen molar-refractivity contribution in [2.24, 2.45) is 0 Å². The standard InChI is InChI=1S/C19H15N3O6S/c1-25-13-5-3-2-4-12(13)17(24)20-16(23)9-29-19-22-21-18(28-19)11-6-7-14-15(8-11)27-10-26-14/h2-8H,9-10H2,1H3,(H,20,23,24). The first-order valence-corrected chi connectivity index (χ1v) is 9.46. The van der Waals surface area contributed by atoms with Gasteiger partial charge >= 0.3 is 0 Å². The zero-order valence-corrected chi connectivity index (χ0v) is 16.0. The number of imide groups is 1. The van der Waals surface area contributed by atoms with Gasteiger partial charge in [0.2, 0.25) is 18.6 Å². The lowest BCUT2D eigenvalue weighted by atomic mass is 10.2.